The summed E-state index contributed by atoms with van der Waals surface area (Å²) in [6, 6.07) is 33.4. The van der Waals surface area contributed by atoms with Gasteiger partial charge >= 0.3 is 0 Å². The van der Waals surface area contributed by atoms with Crippen LogP contribution in [0.1, 0.15) is 17.2 Å². The lowest BCUT2D eigenvalue weighted by molar-refractivity contribution is -0.118. The molecule has 0 aliphatic carbocycles. The Labute approximate surface area is 208 Å². The van der Waals surface area contributed by atoms with E-state index in [0.717, 1.165) is 5.56 Å². The van der Waals surface area contributed by atoms with E-state index in [2.05, 4.69) is 0 Å². The molecule has 4 nitrogen and oxygen atoms in total. The van der Waals surface area contributed by atoms with Gasteiger partial charge in [0.1, 0.15) is 11.5 Å². The van der Waals surface area contributed by atoms with Gasteiger partial charge < -0.3 is 0 Å². The Kier molecular flexibility index (Phi) is 5.30. The smallest absolute Gasteiger partial charge is 0.276 e. The fourth-order valence-electron chi connectivity index (χ4n) is 4.96. The van der Waals surface area contributed by atoms with Crippen molar-refractivity contribution < 1.29 is 14.0 Å². The van der Waals surface area contributed by atoms with Gasteiger partial charge in [-0.05, 0) is 42.0 Å². The first-order valence-corrected chi connectivity index (χ1v) is 11.7. The second-order valence-corrected chi connectivity index (χ2v) is 8.64. The number of hydrogen-bond donors (Lipinski definition) is 0. The average molecular weight is 473 g/mol. The van der Waals surface area contributed by atoms with Crippen LogP contribution in [0.25, 0.3) is 6.08 Å². The first-order valence-electron chi connectivity index (χ1n) is 11.7. The highest BCUT2D eigenvalue weighted by Gasteiger charge is 2.52. The molecule has 1 unspecified atom stereocenters. The monoisotopic (exact) mass is 472 g/mol. The van der Waals surface area contributed by atoms with Gasteiger partial charge in [0.15, 0.2) is 0 Å². The van der Waals surface area contributed by atoms with E-state index < -0.39 is 11.9 Å². The van der Waals surface area contributed by atoms with Crippen molar-refractivity contribution in [3.8, 4) is 0 Å². The molecular formula is C31H21FN2O2. The Hall–Kier alpha value is -4.77. The van der Waals surface area contributed by atoms with Gasteiger partial charge in [-0.15, -0.1) is 0 Å². The molecular weight excluding hydrogens is 451 g/mol. The van der Waals surface area contributed by atoms with Crippen LogP contribution >= 0.6 is 0 Å². The molecule has 0 radical (unpaired) electrons. The third-order valence-corrected chi connectivity index (χ3v) is 6.51. The zero-order chi connectivity index (χ0) is 24.6. The van der Waals surface area contributed by atoms with Crippen LogP contribution in [0.2, 0.25) is 0 Å². The number of benzene rings is 4. The molecule has 4 aromatic carbocycles. The summed E-state index contributed by atoms with van der Waals surface area (Å²) < 4.78 is 15.3. The second kappa shape index (κ2) is 8.78. The average Bonchev–Trinajstić information content (AvgIpc) is 3.37. The number of carbonyl (C=O) groups is 2. The van der Waals surface area contributed by atoms with Crippen LogP contribution < -0.4 is 9.80 Å². The highest BCUT2D eigenvalue weighted by molar-refractivity contribution is 6.29. The first kappa shape index (κ1) is 21.7. The predicted octanol–water partition coefficient (Wildman–Crippen LogP) is 6.30. The molecule has 5 heteroatoms. The molecule has 2 heterocycles. The second-order valence-electron chi connectivity index (χ2n) is 8.64. The van der Waals surface area contributed by atoms with Crippen molar-refractivity contribution in [1.82, 2.24) is 0 Å². The summed E-state index contributed by atoms with van der Waals surface area (Å²) in [7, 11) is 0. The Morgan fingerprint density at radius 3 is 1.83 bits per heavy atom. The minimum absolute atomic E-state index is 0.255. The minimum Gasteiger partial charge on any atom is -0.295 e. The van der Waals surface area contributed by atoms with Crippen LogP contribution in [0.15, 0.2) is 132 Å². The summed E-state index contributed by atoms with van der Waals surface area (Å²) in [6.07, 6.45) is 1.79. The van der Waals surface area contributed by atoms with Crippen molar-refractivity contribution in [3.63, 3.8) is 0 Å². The lowest BCUT2D eigenvalue weighted by Crippen LogP contribution is -2.38. The van der Waals surface area contributed by atoms with Gasteiger partial charge in [0.25, 0.3) is 11.8 Å². The molecule has 0 aromatic heterocycles. The maximum absolute atomic E-state index is 15.3. The zero-order valence-corrected chi connectivity index (χ0v) is 19.2. The lowest BCUT2D eigenvalue weighted by Gasteiger charge is -2.30. The molecule has 0 saturated carbocycles. The Bertz CT molecular complexity index is 1530. The van der Waals surface area contributed by atoms with Gasteiger partial charge in [0.05, 0.1) is 6.04 Å². The normalized spacial score (nSPS) is 18.4. The van der Waals surface area contributed by atoms with E-state index in [1.54, 1.807) is 41.3 Å². The maximum Gasteiger partial charge on any atom is 0.276 e. The fourth-order valence-corrected chi connectivity index (χ4v) is 4.96. The number of halogens is 1. The van der Waals surface area contributed by atoms with E-state index in [-0.39, 0.29) is 17.5 Å². The van der Waals surface area contributed by atoms with Crippen LogP contribution in [0.5, 0.6) is 0 Å². The Balaban J connectivity index is 1.64. The molecule has 36 heavy (non-hydrogen) atoms. The summed E-state index contributed by atoms with van der Waals surface area (Å²) in [5.41, 5.74) is 3.51. The number of rotatable bonds is 4. The number of amides is 2. The number of carbonyl (C=O) groups excluding carboxylic acids is 2. The molecule has 2 aliphatic rings. The zero-order valence-electron chi connectivity index (χ0n) is 19.2. The highest BCUT2D eigenvalue weighted by Crippen LogP contribution is 2.51. The number of para-hydroxylation sites is 2. The van der Waals surface area contributed by atoms with Gasteiger partial charge in [-0.25, -0.2) is 4.39 Å². The molecule has 4 aromatic rings. The Morgan fingerprint density at radius 1 is 0.639 bits per heavy atom. The molecule has 174 valence electrons. The Morgan fingerprint density at radius 2 is 1.19 bits per heavy atom. The van der Waals surface area contributed by atoms with Crippen LogP contribution in [-0.4, -0.2) is 11.8 Å². The number of hydrogen-bond acceptors (Lipinski definition) is 2. The quantitative estimate of drug-likeness (QED) is 0.327. The summed E-state index contributed by atoms with van der Waals surface area (Å²) >= 11 is 0. The van der Waals surface area contributed by atoms with Gasteiger partial charge in [-0.2, -0.15) is 0 Å². The van der Waals surface area contributed by atoms with Gasteiger partial charge in [-0.3, -0.25) is 19.4 Å². The van der Waals surface area contributed by atoms with Crippen molar-refractivity contribution >= 4 is 29.3 Å². The molecule has 0 spiro atoms. The third kappa shape index (κ3) is 3.45. The van der Waals surface area contributed by atoms with Crippen LogP contribution in [0, 0.1) is 5.82 Å². The summed E-state index contributed by atoms with van der Waals surface area (Å²) in [6.45, 7) is 0. The largest absolute Gasteiger partial charge is 0.295 e. The highest BCUT2D eigenvalue weighted by atomic mass is 19.1. The standard InChI is InChI=1S/C31H21FN2O2/c32-26-19-11-10-18-24(26)28-27-25(20-21-12-4-1-5-13-21)30(35)34(23-16-8-3-9-17-23)29(27)31(36)33(28)22-14-6-2-7-15-22/h1-20,28H. The number of nitrogens with zero attached hydrogens (tertiary/aromatic N) is 2. The molecule has 2 aliphatic heterocycles. The van der Waals surface area contributed by atoms with Crippen LogP contribution in [0.4, 0.5) is 15.8 Å². The molecule has 0 N–H and O–H groups in total. The molecule has 1 atom stereocenters. The maximum atomic E-state index is 15.3. The number of anilines is 2. The molecule has 0 saturated heterocycles. The van der Waals surface area contributed by atoms with E-state index in [9.17, 15) is 9.59 Å². The first-order chi connectivity index (χ1) is 17.6. The molecule has 0 fully saturated rings. The molecule has 6 rings (SSSR count). The topological polar surface area (TPSA) is 40.6 Å². The van der Waals surface area contributed by atoms with E-state index in [4.69, 9.17) is 0 Å². The van der Waals surface area contributed by atoms with Gasteiger partial charge in [-0.1, -0.05) is 84.9 Å². The van der Waals surface area contributed by atoms with Gasteiger partial charge in [0, 0.05) is 28.1 Å². The summed E-state index contributed by atoms with van der Waals surface area (Å²) in [5, 5.41) is 0. The van der Waals surface area contributed by atoms with Crippen molar-refractivity contribution in [3.05, 3.63) is 149 Å². The van der Waals surface area contributed by atoms with E-state index in [0.29, 0.717) is 28.1 Å². The molecule has 0 bridgehead atoms. The predicted molar refractivity (Wildman–Crippen MR) is 138 cm³/mol. The summed E-state index contributed by atoms with van der Waals surface area (Å²) in [4.78, 5) is 31.1. The van der Waals surface area contributed by atoms with Crippen molar-refractivity contribution in [1.29, 1.82) is 0 Å². The SMILES string of the molecule is O=C1C(=Cc2ccccc2)C2=C(C(=O)N(c3ccccc3)C2c2ccccc2F)N1c1ccccc1. The minimum atomic E-state index is -0.802. The van der Waals surface area contributed by atoms with Crippen molar-refractivity contribution in [2.24, 2.45) is 0 Å². The van der Waals surface area contributed by atoms with E-state index >= 15 is 4.39 Å². The van der Waals surface area contributed by atoms with Crippen molar-refractivity contribution in [2.45, 2.75) is 6.04 Å². The van der Waals surface area contributed by atoms with Gasteiger partial charge in [0.2, 0.25) is 0 Å². The van der Waals surface area contributed by atoms with Crippen LogP contribution in [-0.2, 0) is 9.59 Å². The van der Waals surface area contributed by atoms with Crippen LogP contribution in [0.3, 0.4) is 0 Å². The van der Waals surface area contributed by atoms with E-state index in [1.807, 2.05) is 78.9 Å². The molecule has 2 amide bonds. The third-order valence-electron chi connectivity index (χ3n) is 6.51. The summed E-state index contributed by atoms with van der Waals surface area (Å²) in [5.74, 6) is -1.09. The van der Waals surface area contributed by atoms with E-state index in [1.165, 1.54) is 11.0 Å². The fraction of sp³-hybridized carbons (Fsp3) is 0.0323. The lowest BCUT2D eigenvalue weighted by atomic mass is 9.92. The van der Waals surface area contributed by atoms with Crippen molar-refractivity contribution in [2.75, 3.05) is 9.80 Å².